The summed E-state index contributed by atoms with van der Waals surface area (Å²) in [6, 6.07) is 6.86. The number of unbranched alkanes of at least 4 members (excludes halogenated alkanes) is 1. The van der Waals surface area contributed by atoms with E-state index >= 15 is 0 Å². The first-order chi connectivity index (χ1) is 16.5. The fraction of sp³-hybridized carbons (Fsp3) is 0.667. The monoisotopic (exact) mass is 472 g/mol. The molecule has 0 N–H and O–H groups in total. The molecule has 0 amide bonds. The van der Waals surface area contributed by atoms with Crippen LogP contribution in [0.1, 0.15) is 97.3 Å². The van der Waals surface area contributed by atoms with Crippen molar-refractivity contribution in [3.63, 3.8) is 0 Å². The van der Waals surface area contributed by atoms with E-state index in [1.165, 1.54) is 44.9 Å². The van der Waals surface area contributed by atoms with Crippen LogP contribution in [0.3, 0.4) is 0 Å². The van der Waals surface area contributed by atoms with Crippen LogP contribution in [0.25, 0.3) is 10.8 Å². The lowest BCUT2D eigenvalue weighted by Gasteiger charge is -2.43. The Morgan fingerprint density at radius 2 is 1.59 bits per heavy atom. The number of ether oxygens (including phenoxy) is 2. The highest BCUT2D eigenvalue weighted by Gasteiger charge is 2.38. The average Bonchev–Trinajstić information content (AvgIpc) is 2.87. The van der Waals surface area contributed by atoms with Gasteiger partial charge >= 0.3 is 0 Å². The summed E-state index contributed by atoms with van der Waals surface area (Å²) in [7, 11) is 0. The van der Waals surface area contributed by atoms with Crippen molar-refractivity contribution in [2.45, 2.75) is 97.3 Å². The smallest absolute Gasteiger partial charge is 0.201 e. The van der Waals surface area contributed by atoms with Gasteiger partial charge in [-0.3, -0.25) is 0 Å². The van der Waals surface area contributed by atoms with Crippen LogP contribution in [0.4, 0.5) is 8.78 Å². The Kier molecular flexibility index (Phi) is 8.71. The Bertz CT molecular complexity index is 927. The highest BCUT2D eigenvalue weighted by Crippen LogP contribution is 2.47. The molecular formula is C30H42F2O2. The minimum absolute atomic E-state index is 0.0366. The molecule has 2 aromatic rings. The van der Waals surface area contributed by atoms with E-state index in [4.69, 9.17) is 9.47 Å². The van der Waals surface area contributed by atoms with Gasteiger partial charge < -0.3 is 9.47 Å². The van der Waals surface area contributed by atoms with Crippen molar-refractivity contribution in [3.05, 3.63) is 35.9 Å². The number of hydrogen-bond donors (Lipinski definition) is 0. The van der Waals surface area contributed by atoms with Crippen LogP contribution in [-0.2, 0) is 0 Å². The van der Waals surface area contributed by atoms with Crippen molar-refractivity contribution in [1.29, 1.82) is 0 Å². The zero-order valence-corrected chi connectivity index (χ0v) is 21.1. The molecule has 2 nitrogen and oxygen atoms in total. The second-order valence-corrected chi connectivity index (χ2v) is 10.9. The van der Waals surface area contributed by atoms with Crippen molar-refractivity contribution in [3.8, 4) is 11.5 Å². The summed E-state index contributed by atoms with van der Waals surface area (Å²) < 4.78 is 41.7. The highest BCUT2D eigenvalue weighted by atomic mass is 19.2. The second-order valence-electron chi connectivity index (χ2n) is 10.9. The number of halogens is 2. The molecule has 0 bridgehead atoms. The molecule has 188 valence electrons. The van der Waals surface area contributed by atoms with Gasteiger partial charge in [0.05, 0.1) is 13.2 Å². The number of benzene rings is 2. The maximum Gasteiger partial charge on any atom is 0.201 e. The third-order valence-corrected chi connectivity index (χ3v) is 8.45. The van der Waals surface area contributed by atoms with E-state index in [1.54, 1.807) is 18.2 Å². The molecule has 0 spiro atoms. The Labute approximate surface area is 204 Å². The molecule has 0 aliphatic heterocycles. The third kappa shape index (κ3) is 5.86. The SMILES string of the molecule is CCCCOc1ccc2cc(OCC3(CCC)CCC(C4CCCCC4)CC3)c(F)c(F)c2c1. The molecule has 2 saturated carbocycles. The van der Waals surface area contributed by atoms with Crippen LogP contribution in [0.5, 0.6) is 11.5 Å². The molecule has 0 radical (unpaired) electrons. The molecular weight excluding hydrogens is 430 g/mol. The quantitative estimate of drug-likeness (QED) is 0.321. The van der Waals surface area contributed by atoms with Gasteiger partial charge in [-0.1, -0.05) is 64.9 Å². The molecule has 34 heavy (non-hydrogen) atoms. The van der Waals surface area contributed by atoms with Gasteiger partial charge in [0.15, 0.2) is 11.6 Å². The third-order valence-electron chi connectivity index (χ3n) is 8.45. The molecule has 4 rings (SSSR count). The van der Waals surface area contributed by atoms with E-state index in [0.717, 1.165) is 50.4 Å². The molecule has 2 fully saturated rings. The molecule has 2 aliphatic rings. The lowest BCUT2D eigenvalue weighted by Crippen LogP contribution is -2.35. The van der Waals surface area contributed by atoms with E-state index in [0.29, 0.717) is 24.3 Å². The van der Waals surface area contributed by atoms with Gasteiger partial charge in [0.25, 0.3) is 0 Å². The van der Waals surface area contributed by atoms with Gasteiger partial charge in [-0.25, -0.2) is 4.39 Å². The van der Waals surface area contributed by atoms with Gasteiger partial charge in [0, 0.05) is 10.8 Å². The van der Waals surface area contributed by atoms with Crippen LogP contribution in [0.15, 0.2) is 24.3 Å². The van der Waals surface area contributed by atoms with Gasteiger partial charge in [0.2, 0.25) is 5.82 Å². The zero-order valence-electron chi connectivity index (χ0n) is 21.1. The van der Waals surface area contributed by atoms with Gasteiger partial charge in [0.1, 0.15) is 5.75 Å². The van der Waals surface area contributed by atoms with Gasteiger partial charge in [-0.15, -0.1) is 0 Å². The number of rotatable bonds is 10. The summed E-state index contributed by atoms with van der Waals surface area (Å²) in [5.41, 5.74) is 0.0781. The summed E-state index contributed by atoms with van der Waals surface area (Å²) in [4.78, 5) is 0. The van der Waals surface area contributed by atoms with E-state index in [-0.39, 0.29) is 16.6 Å². The molecule has 4 heteroatoms. The standard InChI is InChI=1S/C30H42F2O2/c1-3-5-18-33-25-12-11-24-19-27(29(32)28(31)26(24)20-25)34-21-30(15-4-2)16-13-23(14-17-30)22-9-7-6-8-10-22/h11-12,19-20,22-23H,3-10,13-18,21H2,1-2H3. The predicted octanol–water partition coefficient (Wildman–Crippen LogP) is 9.23. The topological polar surface area (TPSA) is 18.5 Å². The molecule has 0 heterocycles. The van der Waals surface area contributed by atoms with E-state index in [9.17, 15) is 8.78 Å². The molecule has 0 aromatic heterocycles. The normalized spacial score (nSPS) is 23.8. The number of fused-ring (bicyclic) bond motifs is 1. The van der Waals surface area contributed by atoms with Crippen LogP contribution in [0.2, 0.25) is 0 Å². The number of hydrogen-bond acceptors (Lipinski definition) is 2. The molecule has 2 aliphatic carbocycles. The lowest BCUT2D eigenvalue weighted by atomic mass is 9.64. The maximum absolute atomic E-state index is 15.0. The first kappa shape index (κ1) is 25.3. The zero-order chi connectivity index (χ0) is 24.0. The molecule has 0 atom stereocenters. The van der Waals surface area contributed by atoms with Crippen molar-refractivity contribution >= 4 is 10.8 Å². The van der Waals surface area contributed by atoms with Crippen LogP contribution in [-0.4, -0.2) is 13.2 Å². The molecule has 0 saturated heterocycles. The minimum Gasteiger partial charge on any atom is -0.494 e. The fourth-order valence-corrected chi connectivity index (χ4v) is 6.37. The first-order valence-electron chi connectivity index (χ1n) is 13.7. The predicted molar refractivity (Wildman–Crippen MR) is 136 cm³/mol. The van der Waals surface area contributed by atoms with Crippen LogP contribution >= 0.6 is 0 Å². The summed E-state index contributed by atoms with van der Waals surface area (Å²) >= 11 is 0. The summed E-state index contributed by atoms with van der Waals surface area (Å²) in [6.07, 6.45) is 15.9. The Hall–Kier alpha value is -1.84. The van der Waals surface area contributed by atoms with Crippen LogP contribution in [0, 0.1) is 28.9 Å². The van der Waals surface area contributed by atoms with Crippen molar-refractivity contribution in [1.82, 2.24) is 0 Å². The Balaban J connectivity index is 1.44. The van der Waals surface area contributed by atoms with E-state index in [2.05, 4.69) is 13.8 Å². The first-order valence-corrected chi connectivity index (χ1v) is 13.7. The van der Waals surface area contributed by atoms with Crippen molar-refractivity contribution < 1.29 is 18.3 Å². The molecule has 2 aromatic carbocycles. The van der Waals surface area contributed by atoms with Crippen molar-refractivity contribution in [2.24, 2.45) is 17.3 Å². The van der Waals surface area contributed by atoms with E-state index < -0.39 is 11.6 Å². The van der Waals surface area contributed by atoms with Crippen molar-refractivity contribution in [2.75, 3.05) is 13.2 Å². The van der Waals surface area contributed by atoms with Gasteiger partial charge in [-0.05, 0) is 73.9 Å². The largest absolute Gasteiger partial charge is 0.494 e. The Morgan fingerprint density at radius 3 is 2.29 bits per heavy atom. The lowest BCUT2D eigenvalue weighted by molar-refractivity contribution is 0.0456. The minimum atomic E-state index is -0.888. The summed E-state index contributed by atoms with van der Waals surface area (Å²) in [5.74, 6) is 0.616. The fourth-order valence-electron chi connectivity index (χ4n) is 6.37. The molecule has 0 unspecified atom stereocenters. The Morgan fingerprint density at radius 1 is 0.853 bits per heavy atom. The summed E-state index contributed by atoms with van der Waals surface area (Å²) in [6.45, 7) is 5.35. The highest BCUT2D eigenvalue weighted by molar-refractivity contribution is 5.86. The van der Waals surface area contributed by atoms with Gasteiger partial charge in [-0.2, -0.15) is 4.39 Å². The summed E-state index contributed by atoms with van der Waals surface area (Å²) in [5, 5.41) is 0.886. The van der Waals surface area contributed by atoms with Crippen LogP contribution < -0.4 is 9.47 Å². The maximum atomic E-state index is 15.0. The average molecular weight is 473 g/mol. The van der Waals surface area contributed by atoms with E-state index in [1.807, 2.05) is 6.07 Å². The second kappa shape index (κ2) is 11.7.